The van der Waals surface area contributed by atoms with Crippen LogP contribution in [0.5, 0.6) is 0 Å². The number of rotatable bonds is 3. The van der Waals surface area contributed by atoms with Crippen molar-refractivity contribution in [3.63, 3.8) is 0 Å². The van der Waals surface area contributed by atoms with E-state index in [1.54, 1.807) is 0 Å². The Morgan fingerprint density at radius 3 is 2.22 bits per heavy atom. The van der Waals surface area contributed by atoms with E-state index in [2.05, 4.69) is 56.1 Å². The van der Waals surface area contributed by atoms with Gasteiger partial charge in [0, 0.05) is 15.2 Å². The van der Waals surface area contributed by atoms with Gasteiger partial charge in [0.2, 0.25) is 0 Å². The fraction of sp³-hybridized carbons (Fsp3) is 0.600. The van der Waals surface area contributed by atoms with Crippen molar-refractivity contribution in [2.24, 2.45) is 0 Å². The van der Waals surface area contributed by atoms with Crippen LogP contribution in [0.1, 0.15) is 37.7 Å². The van der Waals surface area contributed by atoms with Crippen LogP contribution < -0.4 is 0 Å². The van der Waals surface area contributed by atoms with Crippen LogP contribution in [0, 0.1) is 0 Å². The van der Waals surface area contributed by atoms with E-state index in [1.807, 2.05) is 0 Å². The van der Waals surface area contributed by atoms with E-state index >= 15 is 0 Å². The maximum atomic E-state index is 6.25. The molecular weight excluding hydrogens is 356 g/mol. The topological polar surface area (TPSA) is 9.23 Å². The van der Waals surface area contributed by atoms with E-state index in [9.17, 15) is 0 Å². The highest BCUT2D eigenvalue weighted by atomic mass is 79.9. The van der Waals surface area contributed by atoms with Crippen LogP contribution in [0.2, 0.25) is 0 Å². The van der Waals surface area contributed by atoms with Gasteiger partial charge in [-0.3, -0.25) is 0 Å². The van der Waals surface area contributed by atoms with Gasteiger partial charge in [0.05, 0.1) is 12.2 Å². The Hall–Kier alpha value is 0.140. The predicted octanol–water partition coefficient (Wildman–Crippen LogP) is 4.81. The first-order valence-corrected chi connectivity index (χ1v) is 8.56. The van der Waals surface area contributed by atoms with Crippen molar-refractivity contribution in [1.82, 2.24) is 0 Å². The van der Waals surface area contributed by atoms with Gasteiger partial charge >= 0.3 is 0 Å². The lowest BCUT2D eigenvalue weighted by Gasteiger charge is -2.53. The Kier molecular flexibility index (Phi) is 3.59. The molecular formula is C15H18Br2O. The fourth-order valence-corrected chi connectivity index (χ4v) is 4.42. The largest absolute Gasteiger partial charge is 0.374 e. The highest BCUT2D eigenvalue weighted by Crippen LogP contribution is 2.51. The first kappa shape index (κ1) is 13.1. The third-order valence-electron chi connectivity index (χ3n) is 4.78. The summed E-state index contributed by atoms with van der Waals surface area (Å²) in [5.74, 6) is 0. The van der Waals surface area contributed by atoms with Crippen LogP contribution in [0.3, 0.4) is 0 Å². The Morgan fingerprint density at radius 1 is 1.06 bits per heavy atom. The van der Waals surface area contributed by atoms with Crippen LogP contribution in [0.25, 0.3) is 0 Å². The van der Waals surface area contributed by atoms with Crippen molar-refractivity contribution in [1.29, 1.82) is 0 Å². The summed E-state index contributed by atoms with van der Waals surface area (Å²) >= 11 is 7.07. The number of ether oxygens (including phenoxy) is 1. The molecule has 2 bridgehead atoms. The summed E-state index contributed by atoms with van der Waals surface area (Å²) in [6.45, 7) is 0.904. The van der Waals surface area contributed by atoms with Crippen molar-refractivity contribution >= 4 is 31.9 Å². The van der Waals surface area contributed by atoms with Crippen molar-refractivity contribution in [3.8, 4) is 0 Å². The summed E-state index contributed by atoms with van der Waals surface area (Å²) < 4.78 is 7.41. The van der Waals surface area contributed by atoms with E-state index in [-0.39, 0.29) is 11.0 Å². The number of hydrogen-bond acceptors (Lipinski definition) is 1. The van der Waals surface area contributed by atoms with Crippen LogP contribution in [0.4, 0.5) is 0 Å². The Bertz CT molecular complexity index is 402. The van der Waals surface area contributed by atoms with Crippen LogP contribution >= 0.6 is 31.9 Å². The minimum absolute atomic E-state index is 0.181. The third-order valence-corrected chi connectivity index (χ3v) is 5.70. The van der Waals surface area contributed by atoms with E-state index in [4.69, 9.17) is 4.74 Å². The molecule has 0 N–H and O–H groups in total. The highest BCUT2D eigenvalue weighted by molar-refractivity contribution is 9.10. The molecule has 2 aliphatic heterocycles. The van der Waals surface area contributed by atoms with E-state index in [1.165, 1.54) is 31.2 Å². The molecule has 1 aromatic carbocycles. The molecule has 1 aromatic rings. The number of hydrogen-bond donors (Lipinski definition) is 0. The molecule has 2 saturated heterocycles. The molecule has 0 atom stereocenters. The minimum Gasteiger partial charge on any atom is -0.374 e. The molecule has 3 aliphatic rings. The lowest BCUT2D eigenvalue weighted by atomic mass is 9.62. The van der Waals surface area contributed by atoms with Gasteiger partial charge < -0.3 is 4.74 Å². The zero-order valence-corrected chi connectivity index (χ0v) is 13.6. The number of alkyl halides is 1. The SMILES string of the molecule is BrCCC12CCC(c3ccc(Br)cc3)(CC1)CO2. The number of fused-ring (bicyclic) bond motifs is 3. The molecule has 0 spiro atoms. The fourth-order valence-electron chi connectivity index (χ4n) is 3.43. The van der Waals surface area contributed by atoms with Gasteiger partial charge in [0.1, 0.15) is 0 Å². The van der Waals surface area contributed by atoms with Gasteiger partial charge in [-0.2, -0.15) is 0 Å². The smallest absolute Gasteiger partial charge is 0.0691 e. The lowest BCUT2D eigenvalue weighted by molar-refractivity contribution is -0.157. The minimum atomic E-state index is 0.181. The Morgan fingerprint density at radius 2 is 1.72 bits per heavy atom. The van der Waals surface area contributed by atoms with Gasteiger partial charge in [-0.25, -0.2) is 0 Å². The Balaban J connectivity index is 1.82. The highest BCUT2D eigenvalue weighted by Gasteiger charge is 2.49. The second-order valence-electron chi connectivity index (χ2n) is 5.70. The van der Waals surface area contributed by atoms with E-state index < -0.39 is 0 Å². The zero-order chi connectivity index (χ0) is 12.6. The standard InChI is InChI=1S/C15H18Br2O/c16-10-9-15-7-5-14(6-8-15,11-18-15)12-1-3-13(17)4-2-12/h1-4H,5-11H2. The van der Waals surface area contributed by atoms with Crippen LogP contribution in [-0.2, 0) is 10.2 Å². The summed E-state index contributed by atoms with van der Waals surface area (Å²) in [4.78, 5) is 0. The summed E-state index contributed by atoms with van der Waals surface area (Å²) in [5, 5.41) is 1.05. The molecule has 0 amide bonds. The average molecular weight is 374 g/mol. The van der Waals surface area contributed by atoms with Gasteiger partial charge in [0.15, 0.2) is 0 Å². The second-order valence-corrected chi connectivity index (χ2v) is 7.41. The third kappa shape index (κ3) is 2.19. The van der Waals surface area contributed by atoms with Gasteiger partial charge in [-0.05, 0) is 49.8 Å². The molecule has 3 heteroatoms. The van der Waals surface area contributed by atoms with Gasteiger partial charge in [-0.15, -0.1) is 0 Å². The van der Waals surface area contributed by atoms with Crippen molar-refractivity contribution in [3.05, 3.63) is 34.3 Å². The summed E-state index contributed by atoms with van der Waals surface area (Å²) in [7, 11) is 0. The molecule has 1 nitrogen and oxygen atoms in total. The molecule has 1 saturated carbocycles. The van der Waals surface area contributed by atoms with Gasteiger partial charge in [-0.1, -0.05) is 44.0 Å². The number of benzene rings is 1. The van der Waals surface area contributed by atoms with Crippen molar-refractivity contribution < 1.29 is 4.74 Å². The lowest BCUT2D eigenvalue weighted by Crippen LogP contribution is -2.53. The predicted molar refractivity (Wildman–Crippen MR) is 81.4 cm³/mol. The van der Waals surface area contributed by atoms with Crippen molar-refractivity contribution in [2.75, 3.05) is 11.9 Å². The Labute approximate surface area is 126 Å². The van der Waals surface area contributed by atoms with Crippen LogP contribution in [-0.4, -0.2) is 17.5 Å². The van der Waals surface area contributed by atoms with E-state index in [0.717, 1.165) is 22.8 Å². The summed E-state index contributed by atoms with van der Waals surface area (Å²) in [6, 6.07) is 8.82. The second kappa shape index (κ2) is 4.92. The molecule has 0 unspecified atom stereocenters. The van der Waals surface area contributed by atoms with Gasteiger partial charge in [0.25, 0.3) is 0 Å². The maximum absolute atomic E-state index is 6.25. The summed E-state index contributed by atoms with van der Waals surface area (Å²) in [6.07, 6.45) is 6.15. The average Bonchev–Trinajstić information content (AvgIpc) is 2.42. The monoisotopic (exact) mass is 372 g/mol. The van der Waals surface area contributed by atoms with Crippen LogP contribution in [0.15, 0.2) is 28.7 Å². The molecule has 0 aromatic heterocycles. The maximum Gasteiger partial charge on any atom is 0.0691 e. The first-order valence-electron chi connectivity index (χ1n) is 6.64. The molecule has 4 rings (SSSR count). The molecule has 18 heavy (non-hydrogen) atoms. The molecule has 0 radical (unpaired) electrons. The quantitative estimate of drug-likeness (QED) is 0.690. The number of halogens is 2. The first-order chi connectivity index (χ1) is 8.68. The molecule has 3 fully saturated rings. The van der Waals surface area contributed by atoms with Crippen molar-refractivity contribution in [2.45, 2.75) is 43.1 Å². The molecule has 98 valence electrons. The zero-order valence-electron chi connectivity index (χ0n) is 10.4. The van der Waals surface area contributed by atoms with E-state index in [0.29, 0.717) is 0 Å². The molecule has 1 aliphatic carbocycles. The summed E-state index contributed by atoms with van der Waals surface area (Å²) in [5.41, 5.74) is 1.92. The molecule has 2 heterocycles. The normalized spacial score (nSPS) is 34.8.